The first-order valence-electron chi connectivity index (χ1n) is 4.46. The molecule has 0 amide bonds. The molecule has 13 heavy (non-hydrogen) atoms. The van der Waals surface area contributed by atoms with E-state index in [2.05, 4.69) is 21.0 Å². The second-order valence-corrected chi connectivity index (χ2v) is 4.68. The number of aromatic nitrogens is 2. The van der Waals surface area contributed by atoms with Gasteiger partial charge in [-0.15, -0.1) is 0 Å². The van der Waals surface area contributed by atoms with E-state index >= 15 is 0 Å². The number of anilines is 1. The molecule has 0 atom stereocenters. The molecule has 1 aromatic rings. The van der Waals surface area contributed by atoms with Crippen LogP contribution in [0.1, 0.15) is 32.6 Å². The van der Waals surface area contributed by atoms with Gasteiger partial charge in [0.1, 0.15) is 0 Å². The summed E-state index contributed by atoms with van der Waals surface area (Å²) >= 11 is 7.01. The summed E-state index contributed by atoms with van der Waals surface area (Å²) in [6.07, 6.45) is 4.97. The zero-order valence-electron chi connectivity index (χ0n) is 7.51. The van der Waals surface area contributed by atoms with Gasteiger partial charge in [-0.25, -0.2) is 0 Å². The minimum atomic E-state index is 0.180. The third-order valence-electron chi connectivity index (χ3n) is 2.58. The normalized spacial score (nSPS) is 20.5. The lowest BCUT2D eigenvalue weighted by atomic mass is 10.0. The van der Waals surface area contributed by atoms with Crippen LogP contribution < -0.4 is 5.32 Å². The van der Waals surface area contributed by atoms with E-state index in [-0.39, 0.29) is 5.54 Å². The topological polar surface area (TPSA) is 37.8 Å². The average molecular weight is 218 g/mol. The van der Waals surface area contributed by atoms with Crippen LogP contribution >= 0.6 is 23.3 Å². The zero-order valence-corrected chi connectivity index (χ0v) is 9.08. The lowest BCUT2D eigenvalue weighted by Crippen LogP contribution is -2.31. The van der Waals surface area contributed by atoms with Crippen LogP contribution in [0.3, 0.4) is 0 Å². The van der Waals surface area contributed by atoms with E-state index in [1.807, 2.05) is 0 Å². The van der Waals surface area contributed by atoms with Crippen molar-refractivity contribution in [3.63, 3.8) is 0 Å². The molecule has 1 aliphatic carbocycles. The van der Waals surface area contributed by atoms with Gasteiger partial charge in [-0.2, -0.15) is 8.75 Å². The molecule has 3 nitrogen and oxygen atoms in total. The first-order chi connectivity index (χ1) is 6.20. The minimum Gasteiger partial charge on any atom is -0.361 e. The zero-order chi connectivity index (χ0) is 9.31. The third-order valence-corrected chi connectivity index (χ3v) is 3.47. The molecule has 1 aromatic heterocycles. The van der Waals surface area contributed by atoms with E-state index < -0.39 is 0 Å². The van der Waals surface area contributed by atoms with E-state index in [0.717, 1.165) is 17.5 Å². The Balaban J connectivity index is 2.09. The summed E-state index contributed by atoms with van der Waals surface area (Å²) in [6, 6.07) is 0. The molecule has 1 saturated carbocycles. The van der Waals surface area contributed by atoms with Crippen LogP contribution in [0, 0.1) is 0 Å². The highest BCUT2D eigenvalue weighted by atomic mass is 35.5. The predicted octanol–water partition coefficient (Wildman–Crippen LogP) is 2.94. The van der Waals surface area contributed by atoms with Crippen molar-refractivity contribution in [3.8, 4) is 0 Å². The molecule has 0 unspecified atom stereocenters. The largest absolute Gasteiger partial charge is 0.361 e. The van der Waals surface area contributed by atoms with Crippen LogP contribution in [-0.2, 0) is 0 Å². The Morgan fingerprint density at radius 3 is 2.62 bits per heavy atom. The van der Waals surface area contributed by atoms with Crippen LogP contribution in [-0.4, -0.2) is 14.3 Å². The van der Waals surface area contributed by atoms with Crippen molar-refractivity contribution in [2.45, 2.75) is 38.1 Å². The summed E-state index contributed by atoms with van der Waals surface area (Å²) < 4.78 is 8.04. The van der Waals surface area contributed by atoms with Crippen molar-refractivity contribution in [2.24, 2.45) is 0 Å². The molecule has 1 N–H and O–H groups in total. The summed E-state index contributed by atoms with van der Waals surface area (Å²) in [6.45, 7) is 2.22. The molecule has 1 fully saturated rings. The fourth-order valence-corrected chi connectivity index (χ4v) is 2.46. The fraction of sp³-hybridized carbons (Fsp3) is 0.750. The molecule has 1 heterocycles. The molecule has 0 spiro atoms. The fourth-order valence-electron chi connectivity index (χ4n) is 1.82. The maximum atomic E-state index is 5.85. The number of rotatable bonds is 2. The third kappa shape index (κ3) is 1.94. The lowest BCUT2D eigenvalue weighted by Gasteiger charge is -2.24. The van der Waals surface area contributed by atoms with Crippen LogP contribution in [0.4, 0.5) is 5.82 Å². The summed E-state index contributed by atoms with van der Waals surface area (Å²) in [5, 5.41) is 3.87. The van der Waals surface area contributed by atoms with Gasteiger partial charge in [0.25, 0.3) is 0 Å². The van der Waals surface area contributed by atoms with Gasteiger partial charge < -0.3 is 5.32 Å². The Morgan fingerprint density at radius 1 is 1.38 bits per heavy atom. The Hall–Kier alpha value is -0.350. The molecule has 0 radical (unpaired) electrons. The minimum absolute atomic E-state index is 0.180. The molecule has 2 rings (SSSR count). The molecule has 72 valence electrons. The van der Waals surface area contributed by atoms with E-state index in [4.69, 9.17) is 11.6 Å². The first-order valence-corrected chi connectivity index (χ1v) is 5.57. The van der Waals surface area contributed by atoms with Gasteiger partial charge in [-0.05, 0) is 19.8 Å². The summed E-state index contributed by atoms with van der Waals surface area (Å²) in [5.74, 6) is 0.746. The highest BCUT2D eigenvalue weighted by molar-refractivity contribution is 6.99. The van der Waals surface area contributed by atoms with Crippen LogP contribution in [0.25, 0.3) is 0 Å². The number of nitrogens with zero attached hydrogens (tertiary/aromatic N) is 2. The van der Waals surface area contributed by atoms with Gasteiger partial charge in [0.15, 0.2) is 11.0 Å². The summed E-state index contributed by atoms with van der Waals surface area (Å²) in [4.78, 5) is 0. The van der Waals surface area contributed by atoms with E-state index in [1.54, 1.807) is 0 Å². The maximum Gasteiger partial charge on any atom is 0.186 e. The van der Waals surface area contributed by atoms with Crippen LogP contribution in [0.2, 0.25) is 5.15 Å². The van der Waals surface area contributed by atoms with Crippen molar-refractivity contribution in [1.29, 1.82) is 0 Å². The molecule has 0 saturated heterocycles. The number of hydrogen-bond acceptors (Lipinski definition) is 4. The van der Waals surface area contributed by atoms with Crippen molar-refractivity contribution in [2.75, 3.05) is 5.32 Å². The number of hydrogen-bond donors (Lipinski definition) is 1. The van der Waals surface area contributed by atoms with Crippen LogP contribution in [0.5, 0.6) is 0 Å². The van der Waals surface area contributed by atoms with Crippen molar-refractivity contribution < 1.29 is 0 Å². The van der Waals surface area contributed by atoms with Crippen molar-refractivity contribution in [3.05, 3.63) is 5.15 Å². The average Bonchev–Trinajstić information content (AvgIpc) is 2.64. The smallest absolute Gasteiger partial charge is 0.186 e. The van der Waals surface area contributed by atoms with E-state index in [9.17, 15) is 0 Å². The SMILES string of the molecule is CC1(Nc2nsnc2Cl)CCCC1. The molecule has 0 bridgehead atoms. The van der Waals surface area contributed by atoms with Crippen molar-refractivity contribution in [1.82, 2.24) is 8.75 Å². The first kappa shape index (κ1) is 9.21. The molecule has 0 aliphatic heterocycles. The van der Waals surface area contributed by atoms with E-state index in [0.29, 0.717) is 5.15 Å². The monoisotopic (exact) mass is 217 g/mol. The van der Waals surface area contributed by atoms with Gasteiger partial charge >= 0.3 is 0 Å². The Bertz CT molecular complexity index is 293. The molecule has 5 heteroatoms. The van der Waals surface area contributed by atoms with Gasteiger partial charge in [0.2, 0.25) is 0 Å². The second-order valence-electron chi connectivity index (χ2n) is 3.80. The van der Waals surface area contributed by atoms with Gasteiger partial charge in [0, 0.05) is 5.54 Å². The predicted molar refractivity (Wildman–Crippen MR) is 55.4 cm³/mol. The summed E-state index contributed by atoms with van der Waals surface area (Å²) in [7, 11) is 0. The number of nitrogens with one attached hydrogen (secondary N) is 1. The Kier molecular flexibility index (Phi) is 2.43. The van der Waals surface area contributed by atoms with Gasteiger partial charge in [-0.3, -0.25) is 0 Å². The van der Waals surface area contributed by atoms with Gasteiger partial charge in [0.05, 0.1) is 11.7 Å². The standard InChI is InChI=1S/C8H12ClN3S/c1-8(4-2-3-5-8)10-7-6(9)11-13-12-7/h2-5H2,1H3,(H,10,12). The van der Waals surface area contributed by atoms with Gasteiger partial charge in [-0.1, -0.05) is 24.4 Å². The van der Waals surface area contributed by atoms with Crippen molar-refractivity contribution >= 4 is 29.1 Å². The molecule has 1 aliphatic rings. The highest BCUT2D eigenvalue weighted by Gasteiger charge is 2.29. The molecular formula is C8H12ClN3S. The maximum absolute atomic E-state index is 5.85. The Morgan fingerprint density at radius 2 is 2.08 bits per heavy atom. The highest BCUT2D eigenvalue weighted by Crippen LogP contribution is 2.33. The van der Waals surface area contributed by atoms with E-state index in [1.165, 1.54) is 25.7 Å². The molecular weight excluding hydrogens is 206 g/mol. The number of halogens is 1. The quantitative estimate of drug-likeness (QED) is 0.828. The summed E-state index contributed by atoms with van der Waals surface area (Å²) in [5.41, 5.74) is 0.180. The van der Waals surface area contributed by atoms with Crippen LogP contribution in [0.15, 0.2) is 0 Å². The molecule has 0 aromatic carbocycles. The Labute approximate surface area is 86.8 Å². The second kappa shape index (κ2) is 3.42. The lowest BCUT2D eigenvalue weighted by molar-refractivity contribution is 0.531.